The Kier molecular flexibility index (Phi) is 8.27. The molecule has 26 nitrogen and oxygen atoms in total. The first-order valence-corrected chi connectivity index (χ1v) is 18.3. The van der Waals surface area contributed by atoms with E-state index in [-0.39, 0.29) is 0 Å². The Morgan fingerprint density at radius 3 is 0.853 bits per heavy atom. The molecule has 26 heteroatoms. The predicted molar refractivity (Wildman–Crippen MR) is 224 cm³/mol. The fourth-order valence-corrected chi connectivity index (χ4v) is 8.45. The molecule has 350 valence electrons. The van der Waals surface area contributed by atoms with Crippen molar-refractivity contribution >= 4 is 54.3 Å². The van der Waals surface area contributed by atoms with Crippen LogP contribution in [0.3, 0.4) is 0 Å². The third-order valence-electron chi connectivity index (χ3n) is 11.6. The van der Waals surface area contributed by atoms with Crippen LogP contribution in [0, 0.1) is 0 Å². The number of furan rings is 1. The van der Waals surface area contributed by atoms with Gasteiger partial charge in [-0.15, -0.1) is 0 Å². The van der Waals surface area contributed by atoms with E-state index in [1.807, 2.05) is 0 Å². The van der Waals surface area contributed by atoms with Gasteiger partial charge in [0.1, 0.15) is 11.5 Å². The van der Waals surface area contributed by atoms with Crippen LogP contribution in [-0.2, 0) is 0 Å². The molecule has 25 N–H and O–H groups in total. The van der Waals surface area contributed by atoms with Gasteiger partial charge in [-0.2, -0.15) is 0 Å². The summed E-state index contributed by atoms with van der Waals surface area (Å²) in [5.41, 5.74) is -10.6. The molecule has 0 fully saturated rings. The molecule has 0 unspecified atom stereocenters. The van der Waals surface area contributed by atoms with Crippen molar-refractivity contribution in [1.29, 1.82) is 0 Å². The van der Waals surface area contributed by atoms with Crippen molar-refractivity contribution in [3.8, 4) is 177 Å². The molecular weight excluding hydrogens is 920 g/mol. The number of phenols is 25. The van der Waals surface area contributed by atoms with Crippen LogP contribution in [0.5, 0.6) is 144 Å². The Hall–Kier alpha value is -10.7. The Morgan fingerprint density at radius 1 is 0.191 bits per heavy atom. The molecule has 0 aliphatic rings. The third-order valence-corrected chi connectivity index (χ3v) is 11.6. The van der Waals surface area contributed by atoms with E-state index in [0.717, 1.165) is 0 Å². The minimum absolute atomic E-state index is 0.631. The molecule has 0 spiro atoms. The number of hydrogen-bond acceptors (Lipinski definition) is 26. The number of hydrogen-bond donors (Lipinski definition) is 25. The van der Waals surface area contributed by atoms with Crippen molar-refractivity contribution in [2.75, 3.05) is 0 Å². The molecule has 1 heterocycles. The van der Waals surface area contributed by atoms with Gasteiger partial charge in [0.15, 0.2) is 91.7 Å². The molecule has 0 saturated heterocycles. The number of phenolic OH excluding ortho intramolecular Hbond substituents is 25. The molecule has 0 radical (unpaired) electrons. The van der Waals surface area contributed by atoms with Gasteiger partial charge in [-0.05, 0) is 6.07 Å². The summed E-state index contributed by atoms with van der Waals surface area (Å²) in [5, 5.41) is 268. The molecule has 8 aromatic carbocycles. The largest absolute Gasteiger partial charge is 0.506 e. The first kappa shape index (κ1) is 42.6. The first-order valence-electron chi connectivity index (χ1n) is 18.3. The quantitative estimate of drug-likeness (QED) is 0.0649. The van der Waals surface area contributed by atoms with Gasteiger partial charge in [0.2, 0.25) is 51.7 Å². The Balaban J connectivity index is 1.56. The standard InChI is InChI=1S/C42H26O26/c43-3-1-2-4(21(48)18(3)45)19(46)15-16-20(47)11(32(59)40(67)42(16)68-41(15)17(2)44)5-7-9(24(51)35(62)33(60)22(7)49)6(10-8(5)23(50)34(61)36(63)25(10)52)12-26(53)28(55)13(29(56)27(12)54)14-30(57)37(64)39(66)38(65)31(14)58/h1,43-67H. The molecule has 9 rings (SSSR count). The molecule has 1 aromatic heterocycles. The zero-order chi connectivity index (χ0) is 50.1. The maximum atomic E-state index is 12.2. The van der Waals surface area contributed by atoms with E-state index in [1.54, 1.807) is 0 Å². The average Bonchev–Trinajstić information content (AvgIpc) is 3.72. The van der Waals surface area contributed by atoms with Crippen LogP contribution in [-0.4, -0.2) is 128 Å². The van der Waals surface area contributed by atoms with Gasteiger partial charge >= 0.3 is 0 Å². The number of rotatable bonds is 3. The zero-order valence-electron chi connectivity index (χ0n) is 32.7. The van der Waals surface area contributed by atoms with Crippen molar-refractivity contribution < 1.29 is 132 Å². The zero-order valence-corrected chi connectivity index (χ0v) is 32.7. The normalized spacial score (nSPS) is 11.8. The van der Waals surface area contributed by atoms with Crippen molar-refractivity contribution in [3.05, 3.63) is 6.07 Å². The van der Waals surface area contributed by atoms with Gasteiger partial charge in [0.05, 0.1) is 38.4 Å². The highest BCUT2D eigenvalue weighted by Crippen LogP contribution is 2.69. The maximum Gasteiger partial charge on any atom is 0.208 e. The SMILES string of the molecule is Oc1cc2c(O)c3oc4c(O)c(O)c(-c5c6c(O)c(O)c(O)c(O)c6c(-c6c(O)c(O)c(-c7c(O)c(O)c(O)c(O)c7O)c(O)c6O)c6c(O)c(O)c(O)c(O)c56)c(O)c4c3c(O)c2c(O)c1O. The molecule has 0 atom stereocenters. The smallest absolute Gasteiger partial charge is 0.208 e. The van der Waals surface area contributed by atoms with Gasteiger partial charge in [0.25, 0.3) is 0 Å². The summed E-state index contributed by atoms with van der Waals surface area (Å²) in [6.07, 6.45) is 0. The minimum atomic E-state index is -1.84. The highest BCUT2D eigenvalue weighted by molar-refractivity contribution is 6.32. The van der Waals surface area contributed by atoms with E-state index in [0.29, 0.717) is 6.07 Å². The Labute approximate surface area is 369 Å². The summed E-state index contributed by atoms with van der Waals surface area (Å²) >= 11 is 0. The maximum absolute atomic E-state index is 12.2. The monoisotopic (exact) mass is 946 g/mol. The average molecular weight is 947 g/mol. The lowest BCUT2D eigenvalue weighted by molar-refractivity contribution is 0.329. The van der Waals surface area contributed by atoms with E-state index in [4.69, 9.17) is 4.42 Å². The van der Waals surface area contributed by atoms with Gasteiger partial charge < -0.3 is 132 Å². The van der Waals surface area contributed by atoms with Crippen LogP contribution in [0.15, 0.2) is 10.5 Å². The first-order chi connectivity index (χ1) is 31.7. The van der Waals surface area contributed by atoms with Crippen LogP contribution in [0.25, 0.3) is 87.6 Å². The van der Waals surface area contributed by atoms with E-state index < -0.39 is 231 Å². The number of aromatic hydroxyl groups is 25. The van der Waals surface area contributed by atoms with Crippen molar-refractivity contribution in [3.63, 3.8) is 0 Å². The lowest BCUT2D eigenvalue weighted by atomic mass is 9.81. The molecular formula is C42H26O26. The predicted octanol–water partition coefficient (Wildman–Crippen LogP) is 4.69. The van der Waals surface area contributed by atoms with Gasteiger partial charge in [0, 0.05) is 38.1 Å². The summed E-state index contributed by atoms with van der Waals surface area (Å²) in [6.45, 7) is 0. The molecule has 0 saturated carbocycles. The van der Waals surface area contributed by atoms with Crippen molar-refractivity contribution in [2.45, 2.75) is 0 Å². The summed E-state index contributed by atoms with van der Waals surface area (Å²) in [6, 6.07) is 0.641. The molecule has 0 aliphatic heterocycles. The van der Waals surface area contributed by atoms with Gasteiger partial charge in [-0.3, -0.25) is 0 Å². The summed E-state index contributed by atoms with van der Waals surface area (Å²) in [7, 11) is 0. The van der Waals surface area contributed by atoms with E-state index >= 15 is 0 Å². The Bertz CT molecular complexity index is 3770. The van der Waals surface area contributed by atoms with Crippen molar-refractivity contribution in [2.24, 2.45) is 0 Å². The Morgan fingerprint density at radius 2 is 0.456 bits per heavy atom. The highest BCUT2D eigenvalue weighted by Gasteiger charge is 2.40. The third kappa shape index (κ3) is 4.76. The van der Waals surface area contributed by atoms with Crippen LogP contribution < -0.4 is 0 Å². The fraction of sp³-hybridized carbons (Fsp3) is 0. The van der Waals surface area contributed by atoms with Crippen LogP contribution >= 0.6 is 0 Å². The summed E-state index contributed by atoms with van der Waals surface area (Å²) in [5.74, 6) is -39.8. The highest BCUT2D eigenvalue weighted by atomic mass is 16.4. The van der Waals surface area contributed by atoms with Crippen LogP contribution in [0.1, 0.15) is 0 Å². The summed E-state index contributed by atoms with van der Waals surface area (Å²) < 4.78 is 5.49. The van der Waals surface area contributed by atoms with Gasteiger partial charge in [-0.1, -0.05) is 0 Å². The van der Waals surface area contributed by atoms with E-state index in [2.05, 4.69) is 0 Å². The lowest BCUT2D eigenvalue weighted by Crippen LogP contribution is -1.97. The molecule has 0 bridgehead atoms. The van der Waals surface area contributed by atoms with Crippen LogP contribution in [0.2, 0.25) is 0 Å². The molecule has 9 aromatic rings. The lowest BCUT2D eigenvalue weighted by Gasteiger charge is -2.24. The van der Waals surface area contributed by atoms with Crippen molar-refractivity contribution in [1.82, 2.24) is 0 Å². The van der Waals surface area contributed by atoms with E-state index in [1.165, 1.54) is 0 Å². The molecule has 0 amide bonds. The fourth-order valence-electron chi connectivity index (χ4n) is 8.45. The second-order valence-electron chi connectivity index (χ2n) is 14.9. The van der Waals surface area contributed by atoms with Gasteiger partial charge in [-0.25, -0.2) is 0 Å². The second-order valence-corrected chi connectivity index (χ2v) is 14.9. The van der Waals surface area contributed by atoms with E-state index in [9.17, 15) is 128 Å². The van der Waals surface area contributed by atoms with Crippen LogP contribution in [0.4, 0.5) is 0 Å². The number of benzene rings is 8. The summed E-state index contributed by atoms with van der Waals surface area (Å²) in [4.78, 5) is 0. The number of fused-ring (bicyclic) bond motifs is 6. The second kappa shape index (κ2) is 13.2. The minimum Gasteiger partial charge on any atom is -0.506 e. The molecule has 0 aliphatic carbocycles. The topological polar surface area (TPSA) is 519 Å². The molecule has 68 heavy (non-hydrogen) atoms.